The molecular weight excluding hydrogens is 224 g/mol. The van der Waals surface area contributed by atoms with Gasteiger partial charge in [0.1, 0.15) is 18.8 Å². The summed E-state index contributed by atoms with van der Waals surface area (Å²) in [6.07, 6.45) is 0. The molecule has 1 aromatic rings. The third-order valence-corrected chi connectivity index (χ3v) is 3.97. The van der Waals surface area contributed by atoms with Crippen molar-refractivity contribution < 1.29 is 15.0 Å². The van der Waals surface area contributed by atoms with E-state index in [-0.39, 0.29) is 0 Å². The number of hydrogen-bond acceptors (Lipinski definition) is 1. The highest BCUT2D eigenvalue weighted by Gasteiger charge is 2.32. The number of ether oxygens (including phenoxy) is 1. The summed E-state index contributed by atoms with van der Waals surface area (Å²) in [6, 6.07) is 7.08. The first kappa shape index (κ1) is 13.4. The zero-order valence-corrected chi connectivity index (χ0v) is 11.8. The van der Waals surface area contributed by atoms with Gasteiger partial charge in [0.25, 0.3) is 0 Å². The van der Waals surface area contributed by atoms with Crippen LogP contribution in [0.4, 0.5) is 0 Å². The van der Waals surface area contributed by atoms with Crippen molar-refractivity contribution >= 4 is 0 Å². The predicted octanol–water partition coefficient (Wildman–Crippen LogP) is 0.128. The van der Waals surface area contributed by atoms with Crippen molar-refractivity contribution in [3.05, 3.63) is 29.3 Å². The van der Waals surface area contributed by atoms with Gasteiger partial charge >= 0.3 is 0 Å². The summed E-state index contributed by atoms with van der Waals surface area (Å²) in [6.45, 7) is 12.0. The molecule has 1 aromatic carbocycles. The van der Waals surface area contributed by atoms with E-state index in [1.807, 2.05) is 0 Å². The molecular formula is C15H26N2O+2. The zero-order valence-electron chi connectivity index (χ0n) is 11.8. The van der Waals surface area contributed by atoms with Crippen molar-refractivity contribution in [3.8, 4) is 5.75 Å². The van der Waals surface area contributed by atoms with Gasteiger partial charge in [0.05, 0.1) is 25.3 Å². The highest BCUT2D eigenvalue weighted by molar-refractivity contribution is 5.42. The average molecular weight is 250 g/mol. The minimum absolute atomic E-state index is 0.575. The van der Waals surface area contributed by atoms with Crippen LogP contribution < -0.4 is 15.0 Å². The van der Waals surface area contributed by atoms with Crippen LogP contribution in [0.3, 0.4) is 0 Å². The minimum atomic E-state index is 0.575. The van der Waals surface area contributed by atoms with Gasteiger partial charge < -0.3 is 15.0 Å². The van der Waals surface area contributed by atoms with E-state index in [1.54, 1.807) is 4.90 Å². The molecule has 100 valence electrons. The Morgan fingerprint density at radius 3 is 2.72 bits per heavy atom. The number of nitrogens with one attached hydrogen (secondary N) is 1. The molecule has 0 bridgehead atoms. The lowest BCUT2D eigenvalue weighted by molar-refractivity contribution is -0.945. The lowest BCUT2D eigenvalue weighted by Gasteiger charge is -2.31. The molecule has 0 fully saturated rings. The second-order valence-electron chi connectivity index (χ2n) is 4.91. The van der Waals surface area contributed by atoms with E-state index in [0.717, 1.165) is 18.9 Å². The van der Waals surface area contributed by atoms with Gasteiger partial charge in [0.2, 0.25) is 0 Å². The first-order valence-electron chi connectivity index (χ1n) is 7.22. The summed E-state index contributed by atoms with van der Waals surface area (Å²) in [5, 5.41) is 2.42. The van der Waals surface area contributed by atoms with E-state index in [4.69, 9.17) is 4.74 Å². The number of hydrogen-bond donors (Lipinski definition) is 2. The molecule has 1 atom stereocenters. The van der Waals surface area contributed by atoms with Crippen molar-refractivity contribution in [2.24, 2.45) is 0 Å². The SMILES string of the molecule is CCOc1cccc2c1[C@@H]([NH+](CC)CC)C[NH2+]C2. The molecule has 0 unspecified atom stereocenters. The largest absolute Gasteiger partial charge is 0.493 e. The van der Waals surface area contributed by atoms with Crippen LogP contribution in [0.2, 0.25) is 0 Å². The van der Waals surface area contributed by atoms with Crippen LogP contribution in [0.25, 0.3) is 0 Å². The second-order valence-corrected chi connectivity index (χ2v) is 4.91. The van der Waals surface area contributed by atoms with E-state index < -0.39 is 0 Å². The molecule has 0 amide bonds. The lowest BCUT2D eigenvalue weighted by atomic mass is 9.94. The van der Waals surface area contributed by atoms with Gasteiger partial charge in [-0.2, -0.15) is 0 Å². The molecule has 1 aliphatic rings. The van der Waals surface area contributed by atoms with Crippen molar-refractivity contribution in [3.63, 3.8) is 0 Å². The van der Waals surface area contributed by atoms with E-state index in [1.165, 1.54) is 30.8 Å². The van der Waals surface area contributed by atoms with Gasteiger partial charge in [-0.1, -0.05) is 12.1 Å². The maximum absolute atomic E-state index is 5.85. The van der Waals surface area contributed by atoms with E-state index in [9.17, 15) is 0 Å². The van der Waals surface area contributed by atoms with Gasteiger partial charge in [-0.15, -0.1) is 0 Å². The topological polar surface area (TPSA) is 30.3 Å². The van der Waals surface area contributed by atoms with Crippen LogP contribution in [0, 0.1) is 0 Å². The van der Waals surface area contributed by atoms with E-state index in [0.29, 0.717) is 6.04 Å². The normalized spacial score (nSPS) is 18.8. The number of benzene rings is 1. The first-order chi connectivity index (χ1) is 8.81. The van der Waals surface area contributed by atoms with Gasteiger partial charge in [0, 0.05) is 5.56 Å². The number of likely N-dealkylation sites (N-methyl/N-ethyl adjacent to an activating group) is 1. The van der Waals surface area contributed by atoms with Crippen molar-refractivity contribution in [1.82, 2.24) is 0 Å². The van der Waals surface area contributed by atoms with Gasteiger partial charge in [-0.25, -0.2) is 0 Å². The molecule has 3 nitrogen and oxygen atoms in total. The van der Waals surface area contributed by atoms with Crippen molar-refractivity contribution in [2.75, 3.05) is 26.2 Å². The summed E-state index contributed by atoms with van der Waals surface area (Å²) in [4.78, 5) is 1.65. The molecule has 3 N–H and O–H groups in total. The molecule has 0 aliphatic carbocycles. The molecule has 1 heterocycles. The molecule has 0 saturated carbocycles. The molecule has 3 heteroatoms. The second kappa shape index (κ2) is 6.21. The Balaban J connectivity index is 2.39. The molecule has 0 radical (unpaired) electrons. The Labute approximate surface area is 110 Å². The van der Waals surface area contributed by atoms with Crippen LogP contribution in [0.1, 0.15) is 37.9 Å². The highest BCUT2D eigenvalue weighted by atomic mass is 16.5. The van der Waals surface area contributed by atoms with Crippen molar-refractivity contribution in [2.45, 2.75) is 33.4 Å². The Kier molecular flexibility index (Phi) is 4.61. The average Bonchev–Trinajstić information content (AvgIpc) is 2.41. The fraction of sp³-hybridized carbons (Fsp3) is 0.600. The standard InChI is InChI=1S/C15H24N2O/c1-4-17(5-2)13-11-16-10-12-8-7-9-14(15(12)13)18-6-3/h7-9,13,16H,4-6,10-11H2,1-3H3/p+2/t13-/m0/s1. The van der Waals surface area contributed by atoms with Crippen LogP contribution in [0.5, 0.6) is 5.75 Å². The predicted molar refractivity (Wildman–Crippen MR) is 72.9 cm³/mol. The zero-order chi connectivity index (χ0) is 13.0. The summed E-state index contributed by atoms with van der Waals surface area (Å²) in [7, 11) is 0. The number of nitrogens with two attached hydrogens (primary N) is 1. The Bertz CT molecular complexity index is 388. The van der Waals surface area contributed by atoms with Gasteiger partial charge in [-0.3, -0.25) is 0 Å². The lowest BCUT2D eigenvalue weighted by Crippen LogP contribution is -3.14. The molecule has 2 rings (SSSR count). The van der Waals surface area contributed by atoms with E-state index in [2.05, 4.69) is 44.3 Å². The van der Waals surface area contributed by atoms with Crippen LogP contribution >= 0.6 is 0 Å². The monoisotopic (exact) mass is 250 g/mol. The third-order valence-electron chi connectivity index (χ3n) is 3.97. The molecule has 0 spiro atoms. The van der Waals surface area contributed by atoms with E-state index >= 15 is 0 Å². The summed E-state index contributed by atoms with van der Waals surface area (Å²) in [5.41, 5.74) is 2.91. The van der Waals surface area contributed by atoms with Gasteiger partial charge in [-0.05, 0) is 26.8 Å². The quantitative estimate of drug-likeness (QED) is 0.764. The molecule has 0 aromatic heterocycles. The summed E-state index contributed by atoms with van der Waals surface area (Å²) < 4.78 is 5.85. The first-order valence-corrected chi connectivity index (χ1v) is 7.22. The maximum atomic E-state index is 5.85. The van der Waals surface area contributed by atoms with Crippen LogP contribution in [-0.4, -0.2) is 26.2 Å². The molecule has 0 saturated heterocycles. The Morgan fingerprint density at radius 1 is 1.28 bits per heavy atom. The fourth-order valence-corrected chi connectivity index (χ4v) is 3.08. The molecule has 18 heavy (non-hydrogen) atoms. The maximum Gasteiger partial charge on any atom is 0.167 e. The summed E-state index contributed by atoms with van der Waals surface area (Å²) >= 11 is 0. The summed E-state index contributed by atoms with van der Waals surface area (Å²) in [5.74, 6) is 1.10. The van der Waals surface area contributed by atoms with Crippen LogP contribution in [-0.2, 0) is 6.54 Å². The van der Waals surface area contributed by atoms with Crippen molar-refractivity contribution in [1.29, 1.82) is 0 Å². The smallest absolute Gasteiger partial charge is 0.167 e. The Hall–Kier alpha value is -1.06. The van der Waals surface area contributed by atoms with Gasteiger partial charge in [0.15, 0.2) is 6.04 Å². The number of quaternary nitrogens is 2. The minimum Gasteiger partial charge on any atom is -0.493 e. The Morgan fingerprint density at radius 2 is 2.06 bits per heavy atom. The van der Waals surface area contributed by atoms with Crippen LogP contribution in [0.15, 0.2) is 18.2 Å². The fourth-order valence-electron chi connectivity index (χ4n) is 3.08. The number of rotatable bonds is 5. The highest BCUT2D eigenvalue weighted by Crippen LogP contribution is 2.28. The third kappa shape index (κ3) is 2.52. The molecule has 1 aliphatic heterocycles. The number of fused-ring (bicyclic) bond motifs is 1.